The fourth-order valence-corrected chi connectivity index (χ4v) is 3.88. The molecule has 1 N–H and O–H groups in total. The number of aryl methyl sites for hydroxylation is 2. The highest BCUT2D eigenvalue weighted by atomic mass is 32.2. The molecule has 1 fully saturated rings. The van der Waals surface area contributed by atoms with Crippen LogP contribution >= 0.6 is 11.8 Å². The fraction of sp³-hybridized carbons (Fsp3) is 0.467. The van der Waals surface area contributed by atoms with Crippen molar-refractivity contribution in [3.05, 3.63) is 34.9 Å². The van der Waals surface area contributed by atoms with E-state index >= 15 is 0 Å². The van der Waals surface area contributed by atoms with Crippen molar-refractivity contribution in [2.75, 3.05) is 5.75 Å². The van der Waals surface area contributed by atoms with Gasteiger partial charge in [0.2, 0.25) is 0 Å². The van der Waals surface area contributed by atoms with Gasteiger partial charge < -0.3 is 10.0 Å². The van der Waals surface area contributed by atoms with Crippen LogP contribution in [0.15, 0.2) is 18.2 Å². The highest BCUT2D eigenvalue weighted by molar-refractivity contribution is 8.00. The molecule has 1 amide bonds. The Balaban J connectivity index is 2.36. The van der Waals surface area contributed by atoms with Crippen LogP contribution < -0.4 is 0 Å². The van der Waals surface area contributed by atoms with Crippen LogP contribution in [-0.2, 0) is 4.79 Å². The maximum atomic E-state index is 12.7. The largest absolute Gasteiger partial charge is 0.480 e. The van der Waals surface area contributed by atoms with E-state index in [1.807, 2.05) is 32.9 Å². The zero-order chi connectivity index (χ0) is 14.9. The smallest absolute Gasteiger partial charge is 0.327 e. The average molecular weight is 293 g/mol. The summed E-state index contributed by atoms with van der Waals surface area (Å²) < 4.78 is 0. The maximum Gasteiger partial charge on any atom is 0.327 e. The summed E-state index contributed by atoms with van der Waals surface area (Å²) in [5, 5.41) is 9.25. The van der Waals surface area contributed by atoms with E-state index in [1.165, 1.54) is 4.90 Å². The van der Waals surface area contributed by atoms with Gasteiger partial charge in [0, 0.05) is 11.3 Å². The molecular weight excluding hydrogens is 274 g/mol. The zero-order valence-electron chi connectivity index (χ0n) is 11.9. The number of carbonyl (C=O) groups excluding carboxylic acids is 1. The lowest BCUT2D eigenvalue weighted by Gasteiger charge is -2.27. The van der Waals surface area contributed by atoms with Gasteiger partial charge in [0.15, 0.2) is 0 Å². The first kappa shape index (κ1) is 14.9. The summed E-state index contributed by atoms with van der Waals surface area (Å²) in [7, 11) is 0. The lowest BCUT2D eigenvalue weighted by molar-refractivity contribution is -0.141. The third-order valence-electron chi connectivity index (χ3n) is 3.57. The third-order valence-corrected chi connectivity index (χ3v) is 5.03. The molecule has 1 aliphatic heterocycles. The molecule has 108 valence electrons. The van der Waals surface area contributed by atoms with E-state index in [0.29, 0.717) is 11.3 Å². The highest BCUT2D eigenvalue weighted by Gasteiger charge is 2.41. The SMILES string of the molecule is CCC1SCC(C(=O)O)N1C(=O)c1ccc(C)cc1C. The van der Waals surface area contributed by atoms with Gasteiger partial charge in [-0.1, -0.05) is 24.6 Å². The minimum Gasteiger partial charge on any atom is -0.480 e. The quantitative estimate of drug-likeness (QED) is 0.931. The summed E-state index contributed by atoms with van der Waals surface area (Å²) >= 11 is 1.54. The molecule has 20 heavy (non-hydrogen) atoms. The van der Waals surface area contributed by atoms with Gasteiger partial charge in [-0.15, -0.1) is 11.8 Å². The monoisotopic (exact) mass is 293 g/mol. The standard InChI is InChI=1S/C15H19NO3S/c1-4-13-16(12(8-20-13)15(18)19)14(17)11-6-5-9(2)7-10(11)3/h5-7,12-13H,4,8H2,1-3H3,(H,18,19). The van der Waals surface area contributed by atoms with E-state index in [9.17, 15) is 14.7 Å². The van der Waals surface area contributed by atoms with Crippen LogP contribution in [0.25, 0.3) is 0 Å². The van der Waals surface area contributed by atoms with Gasteiger partial charge >= 0.3 is 5.97 Å². The van der Waals surface area contributed by atoms with Gasteiger partial charge in [-0.2, -0.15) is 0 Å². The molecule has 0 radical (unpaired) electrons. The fourth-order valence-electron chi connectivity index (χ4n) is 2.53. The molecule has 2 unspecified atom stereocenters. The molecule has 0 aromatic heterocycles. The average Bonchev–Trinajstić information content (AvgIpc) is 2.81. The van der Waals surface area contributed by atoms with E-state index < -0.39 is 12.0 Å². The minimum atomic E-state index is -0.924. The van der Waals surface area contributed by atoms with Crippen LogP contribution in [-0.4, -0.2) is 39.1 Å². The van der Waals surface area contributed by atoms with E-state index in [4.69, 9.17) is 0 Å². The highest BCUT2D eigenvalue weighted by Crippen LogP contribution is 2.33. The third kappa shape index (κ3) is 2.68. The first-order valence-electron chi connectivity index (χ1n) is 6.70. The van der Waals surface area contributed by atoms with Crippen LogP contribution in [0.2, 0.25) is 0 Å². The number of hydrogen-bond donors (Lipinski definition) is 1. The summed E-state index contributed by atoms with van der Waals surface area (Å²) in [6, 6.07) is 4.91. The van der Waals surface area contributed by atoms with Crippen molar-refractivity contribution < 1.29 is 14.7 Å². The van der Waals surface area contributed by atoms with E-state index in [0.717, 1.165) is 17.5 Å². The van der Waals surface area contributed by atoms with Crippen molar-refractivity contribution >= 4 is 23.6 Å². The number of nitrogens with zero attached hydrogens (tertiary/aromatic N) is 1. The van der Waals surface area contributed by atoms with E-state index in [1.54, 1.807) is 17.8 Å². The van der Waals surface area contributed by atoms with Gasteiger partial charge in [0.25, 0.3) is 5.91 Å². The molecule has 0 bridgehead atoms. The number of hydrogen-bond acceptors (Lipinski definition) is 3. The van der Waals surface area contributed by atoms with Crippen molar-refractivity contribution in [3.63, 3.8) is 0 Å². The van der Waals surface area contributed by atoms with Crippen molar-refractivity contribution in [2.45, 2.75) is 38.6 Å². The summed E-state index contributed by atoms with van der Waals surface area (Å²) in [5.74, 6) is -0.636. The molecule has 4 nitrogen and oxygen atoms in total. The predicted octanol–water partition coefficient (Wildman–Crippen LogP) is 2.68. The van der Waals surface area contributed by atoms with Gasteiger partial charge in [-0.3, -0.25) is 4.79 Å². The summed E-state index contributed by atoms with van der Waals surface area (Å²) in [6.07, 6.45) is 0.755. The summed E-state index contributed by atoms with van der Waals surface area (Å²) in [4.78, 5) is 25.6. The minimum absolute atomic E-state index is 0.0516. The molecular formula is C15H19NO3S. The molecule has 1 saturated heterocycles. The Hall–Kier alpha value is -1.49. The Morgan fingerprint density at radius 1 is 1.40 bits per heavy atom. The number of aliphatic carboxylic acids is 1. The molecule has 0 saturated carbocycles. The first-order valence-corrected chi connectivity index (χ1v) is 7.75. The number of rotatable bonds is 3. The topological polar surface area (TPSA) is 57.6 Å². The van der Waals surface area contributed by atoms with Gasteiger partial charge in [-0.05, 0) is 31.9 Å². The maximum absolute atomic E-state index is 12.7. The molecule has 0 spiro atoms. The van der Waals surface area contributed by atoms with E-state index in [-0.39, 0.29) is 11.3 Å². The van der Waals surface area contributed by atoms with Crippen molar-refractivity contribution in [1.82, 2.24) is 4.90 Å². The molecule has 1 aromatic rings. The number of carboxylic acid groups (broad SMARTS) is 1. The van der Waals surface area contributed by atoms with Crippen LogP contribution in [0.3, 0.4) is 0 Å². The second-order valence-electron chi connectivity index (χ2n) is 5.08. The van der Waals surface area contributed by atoms with Crippen molar-refractivity contribution in [2.24, 2.45) is 0 Å². The summed E-state index contributed by atoms with van der Waals surface area (Å²) in [5.41, 5.74) is 2.59. The van der Waals surface area contributed by atoms with Crippen molar-refractivity contribution in [1.29, 1.82) is 0 Å². The van der Waals surface area contributed by atoms with Crippen LogP contribution in [0.1, 0.15) is 34.8 Å². The second-order valence-corrected chi connectivity index (χ2v) is 6.29. The Bertz CT molecular complexity index is 544. The Kier molecular flexibility index (Phi) is 4.38. The van der Waals surface area contributed by atoms with Crippen LogP contribution in [0, 0.1) is 13.8 Å². The van der Waals surface area contributed by atoms with Crippen LogP contribution in [0.5, 0.6) is 0 Å². The number of carboxylic acids is 1. The van der Waals surface area contributed by atoms with E-state index in [2.05, 4.69) is 0 Å². The number of carbonyl (C=O) groups is 2. The van der Waals surface area contributed by atoms with Crippen molar-refractivity contribution in [3.8, 4) is 0 Å². The molecule has 2 atom stereocenters. The van der Waals surface area contributed by atoms with Gasteiger partial charge in [0.1, 0.15) is 6.04 Å². The predicted molar refractivity (Wildman–Crippen MR) is 80.0 cm³/mol. The molecule has 5 heteroatoms. The Morgan fingerprint density at radius 3 is 2.65 bits per heavy atom. The number of amides is 1. The van der Waals surface area contributed by atoms with Gasteiger partial charge in [0.05, 0.1) is 5.37 Å². The molecule has 2 rings (SSSR count). The second kappa shape index (κ2) is 5.87. The number of thioether (sulfide) groups is 1. The molecule has 0 aliphatic carbocycles. The molecule has 1 aromatic carbocycles. The van der Waals surface area contributed by atoms with Gasteiger partial charge in [-0.25, -0.2) is 4.79 Å². The molecule has 1 aliphatic rings. The Morgan fingerprint density at radius 2 is 2.10 bits per heavy atom. The first-order chi connectivity index (χ1) is 9.45. The Labute approximate surface area is 123 Å². The normalized spacial score (nSPS) is 22.1. The van der Waals surface area contributed by atoms with Crippen LogP contribution in [0.4, 0.5) is 0 Å². The zero-order valence-corrected chi connectivity index (χ0v) is 12.7. The lowest BCUT2D eigenvalue weighted by Crippen LogP contribution is -2.45. The molecule has 1 heterocycles. The number of benzene rings is 1. The summed E-state index contributed by atoms with van der Waals surface area (Å²) in [6.45, 7) is 5.84. The lowest BCUT2D eigenvalue weighted by atomic mass is 10.0.